The highest BCUT2D eigenvalue weighted by atomic mass is 14.1. The Bertz CT molecular complexity index is 64.4. The van der Waals surface area contributed by atoms with Crippen LogP contribution in [0.5, 0.6) is 0 Å². The molecule has 0 saturated heterocycles. The molecule has 0 aliphatic carbocycles. The van der Waals surface area contributed by atoms with Gasteiger partial charge < -0.3 is 0 Å². The van der Waals surface area contributed by atoms with Crippen molar-refractivity contribution in [3.8, 4) is 0 Å². The van der Waals surface area contributed by atoms with Crippen molar-refractivity contribution >= 4 is 0 Å². The molecule has 0 unspecified atom stereocenters. The molecular weight excluding hydrogens is 120 g/mol. The molecule has 0 rings (SSSR count). The van der Waals surface area contributed by atoms with Gasteiger partial charge in [-0.25, -0.2) is 0 Å². The van der Waals surface area contributed by atoms with Gasteiger partial charge >= 0.3 is 0 Å². The van der Waals surface area contributed by atoms with Crippen molar-refractivity contribution in [3.05, 3.63) is 0 Å². The zero-order valence-electron chi connectivity index (χ0n) is 7.98. The number of rotatable bonds is 5. The number of hydrogen-bond donors (Lipinski definition) is 0. The molecule has 0 aromatic heterocycles. The highest BCUT2D eigenvalue weighted by Gasteiger charge is 2.06. The van der Waals surface area contributed by atoms with Gasteiger partial charge in [-0.3, -0.25) is 0 Å². The van der Waals surface area contributed by atoms with Crippen LogP contribution < -0.4 is 0 Å². The van der Waals surface area contributed by atoms with E-state index in [9.17, 15) is 0 Å². The van der Waals surface area contributed by atoms with Crippen LogP contribution in [0.1, 0.15) is 53.4 Å². The van der Waals surface area contributed by atoms with Crippen molar-refractivity contribution in [1.29, 1.82) is 0 Å². The van der Waals surface area contributed by atoms with Gasteiger partial charge in [0.15, 0.2) is 0 Å². The van der Waals surface area contributed by atoms with Crippen LogP contribution in [0.4, 0.5) is 0 Å². The molecule has 0 amide bonds. The quantitative estimate of drug-likeness (QED) is 0.547. The van der Waals surface area contributed by atoms with E-state index in [1.54, 1.807) is 0 Å². The lowest BCUT2D eigenvalue weighted by Crippen LogP contribution is -2.02. The normalized spacial score (nSPS) is 14.1. The van der Waals surface area contributed by atoms with Crippen LogP contribution in [-0.2, 0) is 0 Å². The second-order valence-electron chi connectivity index (χ2n) is 3.69. The van der Waals surface area contributed by atoms with Gasteiger partial charge in [-0.2, -0.15) is 0 Å². The highest BCUT2D eigenvalue weighted by Crippen LogP contribution is 2.19. The van der Waals surface area contributed by atoms with Crippen LogP contribution in [-0.4, -0.2) is 0 Å². The molecule has 10 heavy (non-hydrogen) atoms. The minimum absolute atomic E-state index is 0.886. The summed E-state index contributed by atoms with van der Waals surface area (Å²) in [5, 5.41) is 0. The first-order chi connectivity index (χ1) is 4.70. The molecule has 0 heterocycles. The molecule has 62 valence electrons. The summed E-state index contributed by atoms with van der Waals surface area (Å²) in [7, 11) is 0. The summed E-state index contributed by atoms with van der Waals surface area (Å²) >= 11 is 0. The third-order valence-electron chi connectivity index (χ3n) is 2.08. The van der Waals surface area contributed by atoms with E-state index in [0.717, 1.165) is 11.8 Å². The maximum atomic E-state index is 2.32. The summed E-state index contributed by atoms with van der Waals surface area (Å²) in [4.78, 5) is 0. The van der Waals surface area contributed by atoms with E-state index in [1.165, 1.54) is 25.7 Å². The Hall–Kier alpha value is 0. The zero-order valence-corrected chi connectivity index (χ0v) is 7.98. The molecule has 0 aromatic carbocycles. The monoisotopic (exact) mass is 142 g/mol. The lowest BCUT2D eigenvalue weighted by molar-refractivity contribution is 0.373. The summed E-state index contributed by atoms with van der Waals surface area (Å²) < 4.78 is 0. The average molecular weight is 142 g/mol. The predicted octanol–water partition coefficient (Wildman–Crippen LogP) is 3.86. The molecule has 0 heteroatoms. The summed E-state index contributed by atoms with van der Waals surface area (Å²) in [5.41, 5.74) is 0. The molecule has 0 nitrogen and oxygen atoms in total. The molecule has 0 aliphatic rings. The fourth-order valence-corrected chi connectivity index (χ4v) is 1.56. The molecule has 0 fully saturated rings. The van der Waals surface area contributed by atoms with Crippen LogP contribution in [0.3, 0.4) is 0 Å². The van der Waals surface area contributed by atoms with Crippen LogP contribution in [0.25, 0.3) is 0 Å². The molecule has 0 radical (unpaired) electrons. The Morgan fingerprint density at radius 1 is 1.10 bits per heavy atom. The SMILES string of the molecule is CCC[C@H](CC)CC(C)C. The molecule has 0 aromatic rings. The summed E-state index contributed by atoms with van der Waals surface area (Å²) in [6.45, 7) is 9.22. The van der Waals surface area contributed by atoms with Gasteiger partial charge in [-0.15, -0.1) is 0 Å². The van der Waals surface area contributed by atoms with Crippen molar-refractivity contribution < 1.29 is 0 Å². The van der Waals surface area contributed by atoms with Gasteiger partial charge in [0.25, 0.3) is 0 Å². The minimum atomic E-state index is 0.886. The number of hydrogen-bond acceptors (Lipinski definition) is 0. The molecule has 0 N–H and O–H groups in total. The van der Waals surface area contributed by atoms with E-state index >= 15 is 0 Å². The van der Waals surface area contributed by atoms with Crippen molar-refractivity contribution in [2.75, 3.05) is 0 Å². The summed E-state index contributed by atoms with van der Waals surface area (Å²) in [5.74, 6) is 1.88. The van der Waals surface area contributed by atoms with Crippen molar-refractivity contribution in [2.45, 2.75) is 53.4 Å². The van der Waals surface area contributed by atoms with Crippen LogP contribution >= 0.6 is 0 Å². The molecule has 0 saturated carbocycles. The smallest absolute Gasteiger partial charge is 0.0415 e. The van der Waals surface area contributed by atoms with E-state index in [4.69, 9.17) is 0 Å². The van der Waals surface area contributed by atoms with Gasteiger partial charge in [0.2, 0.25) is 0 Å². The maximum absolute atomic E-state index is 2.32. The standard InChI is InChI=1S/C10H22/c1-5-7-10(6-2)8-9(3)4/h9-10H,5-8H2,1-4H3/t10-/m0/s1. The topological polar surface area (TPSA) is 0 Å². The summed E-state index contributed by atoms with van der Waals surface area (Å²) in [6, 6.07) is 0. The van der Waals surface area contributed by atoms with E-state index in [-0.39, 0.29) is 0 Å². The van der Waals surface area contributed by atoms with Gasteiger partial charge in [-0.05, 0) is 18.3 Å². The third kappa shape index (κ3) is 4.84. The van der Waals surface area contributed by atoms with Crippen LogP contribution in [0.2, 0.25) is 0 Å². The Morgan fingerprint density at radius 2 is 1.70 bits per heavy atom. The van der Waals surface area contributed by atoms with Crippen LogP contribution in [0.15, 0.2) is 0 Å². The first-order valence-electron chi connectivity index (χ1n) is 4.70. The van der Waals surface area contributed by atoms with Crippen molar-refractivity contribution in [3.63, 3.8) is 0 Å². The fourth-order valence-electron chi connectivity index (χ4n) is 1.56. The minimum Gasteiger partial charge on any atom is -0.0654 e. The van der Waals surface area contributed by atoms with Crippen LogP contribution in [0, 0.1) is 11.8 Å². The fraction of sp³-hybridized carbons (Fsp3) is 1.00. The van der Waals surface area contributed by atoms with E-state index in [2.05, 4.69) is 27.7 Å². The van der Waals surface area contributed by atoms with Crippen molar-refractivity contribution in [1.82, 2.24) is 0 Å². The van der Waals surface area contributed by atoms with Gasteiger partial charge in [-0.1, -0.05) is 47.0 Å². The Labute approximate surface area is 66.0 Å². The van der Waals surface area contributed by atoms with Crippen molar-refractivity contribution in [2.24, 2.45) is 11.8 Å². The van der Waals surface area contributed by atoms with Gasteiger partial charge in [0.05, 0.1) is 0 Å². The summed E-state index contributed by atoms with van der Waals surface area (Å²) in [6.07, 6.45) is 5.57. The average Bonchev–Trinajstić information content (AvgIpc) is 1.86. The maximum Gasteiger partial charge on any atom is -0.0415 e. The largest absolute Gasteiger partial charge is 0.0654 e. The van der Waals surface area contributed by atoms with Gasteiger partial charge in [0.1, 0.15) is 0 Å². The Balaban J connectivity index is 3.39. The first-order valence-corrected chi connectivity index (χ1v) is 4.70. The lowest BCUT2D eigenvalue weighted by atomic mass is 9.91. The Kier molecular flexibility index (Phi) is 5.76. The Morgan fingerprint density at radius 3 is 2.00 bits per heavy atom. The highest BCUT2D eigenvalue weighted by molar-refractivity contribution is 4.58. The second kappa shape index (κ2) is 5.76. The van der Waals surface area contributed by atoms with E-state index < -0.39 is 0 Å². The molecule has 0 bridgehead atoms. The second-order valence-corrected chi connectivity index (χ2v) is 3.69. The van der Waals surface area contributed by atoms with Gasteiger partial charge in [0, 0.05) is 0 Å². The molecule has 0 spiro atoms. The van der Waals surface area contributed by atoms with E-state index in [1.807, 2.05) is 0 Å². The molecule has 0 aliphatic heterocycles. The molecule has 1 atom stereocenters. The third-order valence-corrected chi connectivity index (χ3v) is 2.08. The predicted molar refractivity (Wildman–Crippen MR) is 48.1 cm³/mol. The zero-order chi connectivity index (χ0) is 7.98. The first kappa shape index (κ1) is 10.0. The molecular formula is C10H22. The van der Waals surface area contributed by atoms with E-state index in [0.29, 0.717) is 0 Å². The lowest BCUT2D eigenvalue weighted by Gasteiger charge is -2.15.